The van der Waals surface area contributed by atoms with Crippen LogP contribution < -0.4 is 9.62 Å². The Labute approximate surface area is 246 Å². The molecule has 1 N–H and O–H groups in total. The second kappa shape index (κ2) is 9.74. The zero-order valence-corrected chi connectivity index (χ0v) is 24.8. The van der Waals surface area contributed by atoms with Crippen molar-refractivity contribution in [2.45, 2.75) is 31.1 Å². The van der Waals surface area contributed by atoms with Crippen LogP contribution in [0, 0.1) is 5.82 Å². The van der Waals surface area contributed by atoms with E-state index in [0.717, 1.165) is 16.8 Å². The summed E-state index contributed by atoms with van der Waals surface area (Å²) in [4.78, 5) is 24.1. The molecule has 7 rings (SSSR count). The zero-order valence-electron chi connectivity index (χ0n) is 23.1. The first kappa shape index (κ1) is 26.8. The van der Waals surface area contributed by atoms with Gasteiger partial charge in [0.25, 0.3) is 5.91 Å². The van der Waals surface area contributed by atoms with Gasteiger partial charge in [-0.15, -0.1) is 11.3 Å². The number of nitrogens with one attached hydrogen (secondary N) is 1. The number of hydrogen-bond donors (Lipinski definition) is 1. The van der Waals surface area contributed by atoms with E-state index in [1.165, 1.54) is 72.5 Å². The molecule has 0 saturated heterocycles. The molecule has 0 aliphatic heterocycles. The second-order valence-electron chi connectivity index (χ2n) is 10.9. The summed E-state index contributed by atoms with van der Waals surface area (Å²) in [5.41, 5.74) is 4.77. The molecule has 2 aliphatic rings. The maximum absolute atomic E-state index is 13.7. The lowest BCUT2D eigenvalue weighted by molar-refractivity contribution is 0.0964. The third-order valence-electron chi connectivity index (χ3n) is 8.37. The predicted molar refractivity (Wildman–Crippen MR) is 162 cm³/mol. The highest BCUT2D eigenvalue weighted by molar-refractivity contribution is 7.92. The zero-order chi connectivity index (χ0) is 29.3. The second-order valence-corrected chi connectivity index (χ2v) is 14.0. The minimum Gasteiger partial charge on any atom is -0.455 e. The average molecular weight is 603 g/mol. The number of pyridine rings is 1. The van der Waals surface area contributed by atoms with Crippen LogP contribution in [-0.4, -0.2) is 44.6 Å². The van der Waals surface area contributed by atoms with Gasteiger partial charge in [0, 0.05) is 71.0 Å². The van der Waals surface area contributed by atoms with Crippen molar-refractivity contribution in [1.82, 2.24) is 15.3 Å². The van der Waals surface area contributed by atoms with E-state index >= 15 is 0 Å². The quantitative estimate of drug-likeness (QED) is 0.237. The first-order chi connectivity index (χ1) is 20.1. The third-order valence-corrected chi connectivity index (χ3v) is 10.8. The highest BCUT2D eigenvalue weighted by Gasteiger charge is 2.40. The van der Waals surface area contributed by atoms with Crippen molar-refractivity contribution in [3.8, 4) is 33.0 Å². The maximum Gasteiger partial charge on any atom is 0.255 e. The largest absolute Gasteiger partial charge is 0.455 e. The van der Waals surface area contributed by atoms with E-state index in [0.29, 0.717) is 45.2 Å². The van der Waals surface area contributed by atoms with E-state index < -0.39 is 15.8 Å². The fraction of sp³-hybridized carbons (Fsp3) is 0.258. The highest BCUT2D eigenvalue weighted by Crippen LogP contribution is 2.55. The van der Waals surface area contributed by atoms with E-state index in [-0.39, 0.29) is 17.2 Å². The van der Waals surface area contributed by atoms with Crippen molar-refractivity contribution in [3.63, 3.8) is 0 Å². The SMILES string of the molecule is CNC(=O)c1c(-c2ccc(F)cc2)oc2cc(N(C)S(C)(=O)=O)c(-c3cncc(-c4nc5c(s4)C4CCC5C4)c3)cc12. The van der Waals surface area contributed by atoms with Crippen LogP contribution in [0.15, 0.2) is 59.3 Å². The minimum absolute atomic E-state index is 0.258. The Hall–Kier alpha value is -4.09. The molecule has 0 spiro atoms. The predicted octanol–water partition coefficient (Wildman–Crippen LogP) is 6.54. The van der Waals surface area contributed by atoms with Crippen LogP contribution in [0.25, 0.3) is 44.0 Å². The summed E-state index contributed by atoms with van der Waals surface area (Å²) in [7, 11) is -0.667. The molecule has 1 amide bonds. The topological polar surface area (TPSA) is 105 Å². The van der Waals surface area contributed by atoms with Gasteiger partial charge in [0.15, 0.2) is 0 Å². The number of rotatable bonds is 6. The summed E-state index contributed by atoms with van der Waals surface area (Å²) in [6, 6.07) is 11.0. The van der Waals surface area contributed by atoms with Crippen LogP contribution in [0.4, 0.5) is 10.1 Å². The summed E-state index contributed by atoms with van der Waals surface area (Å²) >= 11 is 1.72. The van der Waals surface area contributed by atoms with E-state index in [1.807, 2.05) is 6.07 Å². The van der Waals surface area contributed by atoms with E-state index in [4.69, 9.17) is 9.40 Å². The van der Waals surface area contributed by atoms with Gasteiger partial charge >= 0.3 is 0 Å². The molecule has 11 heteroatoms. The molecule has 2 aromatic carbocycles. The van der Waals surface area contributed by atoms with Gasteiger partial charge in [-0.2, -0.15) is 0 Å². The fourth-order valence-corrected chi connectivity index (χ4v) is 7.97. The number of hydrogen-bond acceptors (Lipinski definition) is 7. The molecule has 2 atom stereocenters. The van der Waals surface area contributed by atoms with Crippen molar-refractivity contribution in [2.75, 3.05) is 24.7 Å². The Bertz CT molecular complexity index is 1970. The van der Waals surface area contributed by atoms with E-state index in [2.05, 4.69) is 10.3 Å². The molecule has 3 aromatic heterocycles. The van der Waals surface area contributed by atoms with Crippen molar-refractivity contribution in [3.05, 3.63) is 76.8 Å². The van der Waals surface area contributed by atoms with Gasteiger partial charge in [0.05, 0.1) is 23.2 Å². The number of nitrogens with zero attached hydrogens (tertiary/aromatic N) is 3. The normalized spacial score (nSPS) is 17.5. The van der Waals surface area contributed by atoms with Crippen LogP contribution >= 0.6 is 11.3 Å². The van der Waals surface area contributed by atoms with E-state index in [1.54, 1.807) is 35.9 Å². The van der Waals surface area contributed by atoms with Gasteiger partial charge in [-0.25, -0.2) is 17.8 Å². The molecular weight excluding hydrogens is 575 g/mol. The molecule has 0 radical (unpaired) electrons. The number of carbonyl (C=O) groups excluding carboxylic acids is 1. The summed E-state index contributed by atoms with van der Waals surface area (Å²) in [6.07, 6.45) is 8.19. The number of thiazole rings is 1. The molecule has 2 bridgehead atoms. The number of anilines is 1. The number of carbonyl (C=O) groups is 1. The van der Waals surface area contributed by atoms with Crippen LogP contribution in [0.2, 0.25) is 0 Å². The Morgan fingerprint density at radius 3 is 2.52 bits per heavy atom. The average Bonchev–Trinajstić information content (AvgIpc) is 3.76. The monoisotopic (exact) mass is 602 g/mol. The molecule has 3 heterocycles. The van der Waals surface area contributed by atoms with Crippen molar-refractivity contribution < 1.29 is 22.0 Å². The number of halogens is 1. The molecule has 2 aliphatic carbocycles. The molecule has 8 nitrogen and oxygen atoms in total. The Balaban J connectivity index is 1.43. The Morgan fingerprint density at radius 1 is 1.07 bits per heavy atom. The van der Waals surface area contributed by atoms with Crippen LogP contribution in [-0.2, 0) is 10.0 Å². The van der Waals surface area contributed by atoms with Gasteiger partial charge < -0.3 is 9.73 Å². The molecule has 214 valence electrons. The van der Waals surface area contributed by atoms with Crippen LogP contribution in [0.3, 0.4) is 0 Å². The number of sulfonamides is 1. The third kappa shape index (κ3) is 4.30. The molecule has 1 saturated carbocycles. The molecule has 2 unspecified atom stereocenters. The molecular formula is C31H27FN4O4S2. The summed E-state index contributed by atoms with van der Waals surface area (Å²) in [5.74, 6) is 0.601. The lowest BCUT2D eigenvalue weighted by Gasteiger charge is -2.20. The van der Waals surface area contributed by atoms with Gasteiger partial charge in [0.2, 0.25) is 10.0 Å². The number of amides is 1. The van der Waals surface area contributed by atoms with E-state index in [9.17, 15) is 17.6 Å². The van der Waals surface area contributed by atoms with Gasteiger partial charge in [0.1, 0.15) is 22.2 Å². The number of aromatic nitrogens is 2. The smallest absolute Gasteiger partial charge is 0.255 e. The standard InChI is InChI=1S/C31H27FN4O4S2/c1-33-30(37)26-23-12-22(19-11-20(15-34-14-19)31-35-27-17-4-5-18(10-17)29(27)41-31)24(36(2)42(3,38)39)13-25(23)40-28(26)16-6-8-21(32)9-7-16/h6-9,11-15,17-18H,4-5,10H2,1-3H3,(H,33,37). The molecule has 5 aromatic rings. The minimum atomic E-state index is -3.66. The lowest BCUT2D eigenvalue weighted by atomic mass is 9.98. The number of furan rings is 1. The molecule has 42 heavy (non-hydrogen) atoms. The molecule has 1 fully saturated rings. The maximum atomic E-state index is 13.7. The van der Waals surface area contributed by atoms with Gasteiger partial charge in [-0.3, -0.25) is 14.1 Å². The van der Waals surface area contributed by atoms with Crippen molar-refractivity contribution in [2.24, 2.45) is 0 Å². The first-order valence-corrected chi connectivity index (χ1v) is 16.3. The highest BCUT2D eigenvalue weighted by atomic mass is 32.2. The Kier molecular flexibility index (Phi) is 6.21. The summed E-state index contributed by atoms with van der Waals surface area (Å²) < 4.78 is 46.5. The summed E-state index contributed by atoms with van der Waals surface area (Å²) in [6.45, 7) is 0. The lowest BCUT2D eigenvalue weighted by Crippen LogP contribution is -2.25. The van der Waals surface area contributed by atoms with Crippen LogP contribution in [0.5, 0.6) is 0 Å². The number of fused-ring (bicyclic) bond motifs is 6. The van der Waals surface area contributed by atoms with Crippen LogP contribution in [0.1, 0.15) is 52.0 Å². The van der Waals surface area contributed by atoms with Gasteiger partial charge in [-0.05, 0) is 61.6 Å². The summed E-state index contributed by atoms with van der Waals surface area (Å²) in [5, 5.41) is 4.06. The van der Waals surface area contributed by atoms with Crippen molar-refractivity contribution in [1.29, 1.82) is 0 Å². The fourth-order valence-electron chi connectivity index (χ4n) is 6.18. The van der Waals surface area contributed by atoms with Gasteiger partial charge in [-0.1, -0.05) is 0 Å². The first-order valence-electron chi connectivity index (χ1n) is 13.6. The van der Waals surface area contributed by atoms with Crippen molar-refractivity contribution >= 4 is 43.9 Å². The number of benzene rings is 2. The Morgan fingerprint density at radius 2 is 1.81 bits per heavy atom.